The summed E-state index contributed by atoms with van der Waals surface area (Å²) in [5.74, 6) is 1.98. The minimum Gasteiger partial charge on any atom is -0.490 e. The minimum atomic E-state index is -0.446. The molecule has 0 spiro atoms. The van der Waals surface area contributed by atoms with Gasteiger partial charge in [0, 0.05) is 29.7 Å². The van der Waals surface area contributed by atoms with Crippen LogP contribution in [-0.4, -0.2) is 53.3 Å². The van der Waals surface area contributed by atoms with Gasteiger partial charge >= 0.3 is 11.9 Å². The van der Waals surface area contributed by atoms with Gasteiger partial charge in [0.1, 0.15) is 49.6 Å². The van der Waals surface area contributed by atoms with Crippen molar-refractivity contribution < 1.29 is 28.5 Å². The van der Waals surface area contributed by atoms with Crippen LogP contribution >= 0.6 is 0 Å². The van der Waals surface area contributed by atoms with Gasteiger partial charge in [-0.25, -0.2) is 14.6 Å². The number of benzene rings is 3. The third kappa shape index (κ3) is 10.9. The quantitative estimate of drug-likeness (QED) is 0.0950. The number of nitrogens with zero attached hydrogens (tertiary/aromatic N) is 3. The van der Waals surface area contributed by atoms with Gasteiger partial charge in [-0.15, -0.1) is 0 Å². The highest BCUT2D eigenvalue weighted by Gasteiger charge is 2.11. The third-order valence-electron chi connectivity index (χ3n) is 6.15. The second-order valence-corrected chi connectivity index (χ2v) is 10.2. The summed E-state index contributed by atoms with van der Waals surface area (Å²) in [4.78, 5) is 37.3. The van der Waals surface area contributed by atoms with Gasteiger partial charge in [-0.1, -0.05) is 55.6 Å². The molecule has 0 saturated heterocycles. The van der Waals surface area contributed by atoms with Crippen molar-refractivity contribution in [1.29, 1.82) is 0 Å². The molecule has 1 heterocycles. The van der Waals surface area contributed by atoms with Crippen LogP contribution in [0.3, 0.4) is 0 Å². The Bertz CT molecular complexity index is 1540. The zero-order valence-corrected chi connectivity index (χ0v) is 25.5. The van der Waals surface area contributed by atoms with Crippen LogP contribution in [0.25, 0.3) is 0 Å². The number of aromatic nitrogens is 3. The Morgan fingerprint density at radius 1 is 0.644 bits per heavy atom. The van der Waals surface area contributed by atoms with E-state index < -0.39 is 11.9 Å². The summed E-state index contributed by atoms with van der Waals surface area (Å²) in [5, 5.41) is 3.27. The van der Waals surface area contributed by atoms with E-state index in [1.807, 2.05) is 78.9 Å². The second-order valence-electron chi connectivity index (χ2n) is 10.2. The first kappa shape index (κ1) is 32.4. The van der Waals surface area contributed by atoms with Crippen molar-refractivity contribution in [3.63, 3.8) is 0 Å². The molecule has 1 aromatic heterocycles. The topological polar surface area (TPSA) is 122 Å². The van der Waals surface area contributed by atoms with Crippen molar-refractivity contribution in [2.45, 2.75) is 26.7 Å². The van der Waals surface area contributed by atoms with Gasteiger partial charge in [-0.05, 0) is 61.4 Å². The highest BCUT2D eigenvalue weighted by atomic mass is 16.6. The fourth-order valence-electron chi connectivity index (χ4n) is 4.02. The molecule has 0 aliphatic heterocycles. The first-order valence-electron chi connectivity index (χ1n) is 14.4. The first-order valence-corrected chi connectivity index (χ1v) is 14.4. The summed E-state index contributed by atoms with van der Waals surface area (Å²) >= 11 is 0. The molecule has 45 heavy (non-hydrogen) atoms. The van der Waals surface area contributed by atoms with Crippen molar-refractivity contribution in [3.05, 3.63) is 126 Å². The Kier molecular flexibility index (Phi) is 11.8. The van der Waals surface area contributed by atoms with E-state index in [9.17, 15) is 9.59 Å². The lowest BCUT2D eigenvalue weighted by Crippen LogP contribution is -2.12. The Morgan fingerprint density at radius 3 is 1.60 bits per heavy atom. The number of rotatable bonds is 16. The number of carbonyl (C=O) groups excluding carboxylic acids is 2. The summed E-state index contributed by atoms with van der Waals surface area (Å²) in [6, 6.07) is 24.9. The molecule has 232 valence electrons. The molecule has 0 amide bonds. The van der Waals surface area contributed by atoms with Gasteiger partial charge < -0.3 is 24.3 Å². The Hall–Kier alpha value is -5.51. The van der Waals surface area contributed by atoms with Crippen molar-refractivity contribution in [2.24, 2.45) is 0 Å². The molecule has 10 nitrogen and oxygen atoms in total. The van der Waals surface area contributed by atoms with Gasteiger partial charge in [0.2, 0.25) is 5.95 Å². The zero-order chi connectivity index (χ0) is 32.0. The van der Waals surface area contributed by atoms with E-state index in [4.69, 9.17) is 23.9 Å². The molecule has 0 atom stereocenters. The van der Waals surface area contributed by atoms with Gasteiger partial charge in [-0.3, -0.25) is 0 Å². The highest BCUT2D eigenvalue weighted by Crippen LogP contribution is 2.20. The number of esters is 2. The maximum atomic E-state index is 11.6. The normalized spacial score (nSPS) is 10.4. The summed E-state index contributed by atoms with van der Waals surface area (Å²) in [7, 11) is 0. The third-order valence-corrected chi connectivity index (χ3v) is 6.15. The maximum Gasteiger partial charge on any atom is 0.333 e. The van der Waals surface area contributed by atoms with Crippen molar-refractivity contribution in [3.8, 4) is 11.5 Å². The van der Waals surface area contributed by atoms with Crippen LogP contribution in [0.4, 0.5) is 11.6 Å². The lowest BCUT2D eigenvalue weighted by atomic mass is 10.1. The predicted molar refractivity (Wildman–Crippen MR) is 171 cm³/mol. The van der Waals surface area contributed by atoms with Crippen LogP contribution in [0.2, 0.25) is 0 Å². The molecule has 4 aromatic rings. The SMILES string of the molecule is C=C(C)C(=O)OCCOc1cccc(Cc2nc(Cc3cccc(OCCOC(=O)C(=C)C)c3)nc(Nc3ccccc3)n2)c1. The molecule has 1 N–H and O–H groups in total. The summed E-state index contributed by atoms with van der Waals surface area (Å²) in [5.41, 5.74) is 3.42. The average Bonchev–Trinajstić information content (AvgIpc) is 3.02. The molecular weight excluding hydrogens is 572 g/mol. The van der Waals surface area contributed by atoms with E-state index >= 15 is 0 Å². The van der Waals surface area contributed by atoms with Crippen LogP contribution in [0.15, 0.2) is 103 Å². The lowest BCUT2D eigenvalue weighted by Gasteiger charge is -2.11. The van der Waals surface area contributed by atoms with E-state index in [0.717, 1.165) is 16.8 Å². The second kappa shape index (κ2) is 16.4. The monoisotopic (exact) mass is 608 g/mol. The molecule has 0 fully saturated rings. The molecule has 3 aromatic carbocycles. The Morgan fingerprint density at radius 2 is 1.13 bits per heavy atom. The molecule has 10 heteroatoms. The van der Waals surface area contributed by atoms with Crippen LogP contribution in [0, 0.1) is 0 Å². The summed E-state index contributed by atoms with van der Waals surface area (Å²) in [6.07, 6.45) is 0.875. The highest BCUT2D eigenvalue weighted by molar-refractivity contribution is 5.87. The van der Waals surface area contributed by atoms with Gasteiger partial charge in [0.15, 0.2) is 0 Å². The van der Waals surface area contributed by atoms with Crippen LogP contribution in [0.1, 0.15) is 36.6 Å². The molecular formula is C35H36N4O6. The number of para-hydroxylation sites is 1. The largest absolute Gasteiger partial charge is 0.490 e. The summed E-state index contributed by atoms with van der Waals surface area (Å²) < 4.78 is 21.7. The average molecular weight is 609 g/mol. The maximum absolute atomic E-state index is 11.6. The molecule has 4 rings (SSSR count). The number of hydrogen-bond acceptors (Lipinski definition) is 10. The number of hydrogen-bond donors (Lipinski definition) is 1. The Balaban J connectivity index is 1.46. The van der Waals surface area contributed by atoms with Gasteiger partial charge in [0.05, 0.1) is 0 Å². The fourth-order valence-corrected chi connectivity index (χ4v) is 4.02. The van der Waals surface area contributed by atoms with Crippen molar-refractivity contribution in [2.75, 3.05) is 31.7 Å². The van der Waals surface area contributed by atoms with Crippen molar-refractivity contribution >= 4 is 23.6 Å². The summed E-state index contributed by atoms with van der Waals surface area (Å²) in [6.45, 7) is 11.0. The molecule has 0 radical (unpaired) electrons. The van der Waals surface area contributed by atoms with E-state index in [-0.39, 0.29) is 26.4 Å². The van der Waals surface area contributed by atoms with E-state index in [2.05, 4.69) is 28.4 Å². The fraction of sp³-hybridized carbons (Fsp3) is 0.229. The number of carbonyl (C=O) groups is 2. The first-order chi connectivity index (χ1) is 21.7. The van der Waals surface area contributed by atoms with E-state index in [1.165, 1.54) is 0 Å². The number of nitrogens with one attached hydrogen (secondary N) is 1. The van der Waals surface area contributed by atoms with Gasteiger partial charge in [-0.2, -0.15) is 9.97 Å². The molecule has 0 unspecified atom stereocenters. The lowest BCUT2D eigenvalue weighted by molar-refractivity contribution is -0.140. The molecule has 0 saturated carbocycles. The number of ether oxygens (including phenoxy) is 4. The smallest absolute Gasteiger partial charge is 0.333 e. The van der Waals surface area contributed by atoms with E-state index in [0.29, 0.717) is 53.1 Å². The van der Waals surface area contributed by atoms with Crippen LogP contribution < -0.4 is 14.8 Å². The standard InChI is InChI=1S/C35H36N4O6/c1-24(2)33(40)44-18-16-42-29-14-8-10-26(20-29)22-31-37-32(39-35(38-31)36-28-12-6-5-7-13-28)23-27-11-9-15-30(21-27)43-17-19-45-34(41)25(3)4/h5-15,20-21H,1,3,16-19,22-23H2,2,4H3,(H,36,37,38,39). The minimum absolute atomic E-state index is 0.121. The van der Waals surface area contributed by atoms with E-state index in [1.54, 1.807) is 13.8 Å². The van der Waals surface area contributed by atoms with Gasteiger partial charge in [0.25, 0.3) is 0 Å². The predicted octanol–water partition coefficient (Wildman–Crippen LogP) is 5.79. The van der Waals surface area contributed by atoms with Crippen LogP contribution in [0.5, 0.6) is 11.5 Å². The Labute approximate surface area is 262 Å². The molecule has 0 bridgehead atoms. The van der Waals surface area contributed by atoms with Crippen molar-refractivity contribution in [1.82, 2.24) is 15.0 Å². The number of anilines is 2. The van der Waals surface area contributed by atoms with Crippen LogP contribution in [-0.2, 0) is 31.9 Å². The zero-order valence-electron chi connectivity index (χ0n) is 25.5. The molecule has 0 aliphatic rings. The molecule has 0 aliphatic carbocycles.